The molecule has 0 saturated heterocycles. The second-order valence-electron chi connectivity index (χ2n) is 4.90. The van der Waals surface area contributed by atoms with Crippen LogP contribution in [-0.2, 0) is 24.3 Å². The van der Waals surface area contributed by atoms with Gasteiger partial charge < -0.3 is 10.2 Å². The minimum atomic E-state index is 0.175. The Morgan fingerprint density at radius 2 is 2.40 bits per heavy atom. The van der Waals surface area contributed by atoms with Crippen molar-refractivity contribution in [3.05, 3.63) is 38.0 Å². The highest BCUT2D eigenvalue weighted by molar-refractivity contribution is 7.10. The van der Waals surface area contributed by atoms with Crippen LogP contribution < -0.4 is 5.32 Å². The van der Waals surface area contributed by atoms with Gasteiger partial charge in [0.05, 0.1) is 17.2 Å². The molecule has 3 heterocycles. The quantitative estimate of drug-likeness (QED) is 0.942. The predicted molar refractivity (Wildman–Crippen MR) is 82.0 cm³/mol. The van der Waals surface area contributed by atoms with Crippen LogP contribution in [0.3, 0.4) is 0 Å². The lowest BCUT2D eigenvalue weighted by atomic mass is 10.1. The maximum atomic E-state index is 12.2. The molecular formula is C14H17N3OS2. The van der Waals surface area contributed by atoms with E-state index in [1.54, 1.807) is 22.7 Å². The number of carbonyl (C=O) groups is 1. The third kappa shape index (κ3) is 3.08. The summed E-state index contributed by atoms with van der Waals surface area (Å²) < 4.78 is 0. The number of hydrogen-bond donors (Lipinski definition) is 1. The minimum absolute atomic E-state index is 0.175. The van der Waals surface area contributed by atoms with Gasteiger partial charge in [0.1, 0.15) is 0 Å². The summed E-state index contributed by atoms with van der Waals surface area (Å²) in [5.41, 5.74) is 2.32. The number of rotatable bonds is 4. The Hall–Kier alpha value is -1.24. The Morgan fingerprint density at radius 3 is 3.20 bits per heavy atom. The molecule has 2 aromatic heterocycles. The summed E-state index contributed by atoms with van der Waals surface area (Å²) in [6.07, 6.45) is 0.990. The van der Waals surface area contributed by atoms with Gasteiger partial charge in [-0.1, -0.05) is 0 Å². The van der Waals surface area contributed by atoms with E-state index in [4.69, 9.17) is 0 Å². The molecule has 0 unspecified atom stereocenters. The molecule has 1 amide bonds. The lowest BCUT2D eigenvalue weighted by Gasteiger charge is -2.27. The zero-order chi connectivity index (χ0) is 13.9. The molecule has 1 N–H and O–H groups in total. The first-order valence-electron chi connectivity index (χ1n) is 6.67. The van der Waals surface area contributed by atoms with Gasteiger partial charge in [-0.3, -0.25) is 4.79 Å². The van der Waals surface area contributed by atoms with E-state index in [1.807, 2.05) is 17.2 Å². The van der Waals surface area contributed by atoms with Crippen molar-refractivity contribution < 1.29 is 4.79 Å². The van der Waals surface area contributed by atoms with Gasteiger partial charge >= 0.3 is 0 Å². The fourth-order valence-electron chi connectivity index (χ4n) is 2.36. The topological polar surface area (TPSA) is 45.2 Å². The zero-order valence-corrected chi connectivity index (χ0v) is 13.0. The molecule has 106 valence electrons. The number of carbonyl (C=O) groups excluding carboxylic acids is 1. The predicted octanol–water partition coefficient (Wildman–Crippen LogP) is 2.19. The summed E-state index contributed by atoms with van der Waals surface area (Å²) in [6.45, 7) is 4.63. The third-order valence-electron chi connectivity index (χ3n) is 3.41. The minimum Gasteiger partial charge on any atom is -0.337 e. The van der Waals surface area contributed by atoms with Crippen molar-refractivity contribution in [2.24, 2.45) is 0 Å². The molecule has 4 nitrogen and oxygen atoms in total. The summed E-state index contributed by atoms with van der Waals surface area (Å²) in [5.74, 6) is 0.175. The molecule has 2 aromatic rings. The standard InChI is InChI=1S/C14H17N3OS2/c1-10-16-12(9-20-10)6-15-7-14(18)17-4-2-13-11(8-17)3-5-19-13/h3,5,9,15H,2,4,6-8H2,1H3. The van der Waals surface area contributed by atoms with E-state index in [0.717, 1.165) is 30.2 Å². The lowest BCUT2D eigenvalue weighted by molar-refractivity contribution is -0.131. The SMILES string of the molecule is Cc1nc(CNCC(=O)N2CCc3sccc3C2)cs1. The Balaban J connectivity index is 1.48. The molecule has 3 rings (SSSR count). The van der Waals surface area contributed by atoms with E-state index in [9.17, 15) is 4.79 Å². The van der Waals surface area contributed by atoms with Crippen LogP contribution in [0.1, 0.15) is 21.1 Å². The van der Waals surface area contributed by atoms with Crippen molar-refractivity contribution in [3.63, 3.8) is 0 Å². The maximum absolute atomic E-state index is 12.2. The molecule has 0 bridgehead atoms. The average Bonchev–Trinajstić information content (AvgIpc) is 3.06. The van der Waals surface area contributed by atoms with Gasteiger partial charge in [0.25, 0.3) is 0 Å². The second kappa shape index (κ2) is 6.03. The third-order valence-corrected chi connectivity index (χ3v) is 5.25. The molecule has 0 aromatic carbocycles. The molecule has 0 aliphatic carbocycles. The number of nitrogens with one attached hydrogen (secondary N) is 1. The van der Waals surface area contributed by atoms with E-state index < -0.39 is 0 Å². The highest BCUT2D eigenvalue weighted by Gasteiger charge is 2.20. The summed E-state index contributed by atoms with van der Waals surface area (Å²) in [7, 11) is 0. The number of nitrogens with zero attached hydrogens (tertiary/aromatic N) is 2. The summed E-state index contributed by atoms with van der Waals surface area (Å²) in [4.78, 5) is 19.9. The summed E-state index contributed by atoms with van der Waals surface area (Å²) in [5, 5.41) is 8.40. The molecule has 0 fully saturated rings. The highest BCUT2D eigenvalue weighted by atomic mass is 32.1. The average molecular weight is 307 g/mol. The largest absolute Gasteiger partial charge is 0.337 e. The van der Waals surface area contributed by atoms with Crippen LogP contribution in [0.2, 0.25) is 0 Å². The van der Waals surface area contributed by atoms with Gasteiger partial charge in [0, 0.05) is 29.9 Å². The first kappa shape index (κ1) is 13.7. The normalized spacial score (nSPS) is 14.3. The number of fused-ring (bicyclic) bond motifs is 1. The number of thiazole rings is 1. The number of aromatic nitrogens is 1. The monoisotopic (exact) mass is 307 g/mol. The van der Waals surface area contributed by atoms with E-state index in [2.05, 4.69) is 21.7 Å². The van der Waals surface area contributed by atoms with Gasteiger partial charge in [-0.05, 0) is 30.4 Å². The lowest BCUT2D eigenvalue weighted by Crippen LogP contribution is -2.40. The Kier molecular flexibility index (Phi) is 4.14. The highest BCUT2D eigenvalue weighted by Crippen LogP contribution is 2.23. The van der Waals surface area contributed by atoms with Gasteiger partial charge in [0.15, 0.2) is 0 Å². The van der Waals surface area contributed by atoms with Crippen LogP contribution in [0.5, 0.6) is 0 Å². The van der Waals surface area contributed by atoms with E-state index >= 15 is 0 Å². The molecule has 20 heavy (non-hydrogen) atoms. The van der Waals surface area contributed by atoms with Gasteiger partial charge in [-0.15, -0.1) is 22.7 Å². The van der Waals surface area contributed by atoms with Crippen LogP contribution in [0.25, 0.3) is 0 Å². The van der Waals surface area contributed by atoms with Crippen molar-refractivity contribution >= 4 is 28.6 Å². The fourth-order valence-corrected chi connectivity index (χ4v) is 3.86. The van der Waals surface area contributed by atoms with Gasteiger partial charge in [-0.2, -0.15) is 0 Å². The molecule has 1 aliphatic heterocycles. The second-order valence-corrected chi connectivity index (χ2v) is 6.96. The number of aryl methyl sites for hydroxylation is 1. The smallest absolute Gasteiger partial charge is 0.236 e. The zero-order valence-electron chi connectivity index (χ0n) is 11.4. The van der Waals surface area contributed by atoms with Crippen molar-refractivity contribution in [2.75, 3.05) is 13.1 Å². The molecule has 1 aliphatic rings. The van der Waals surface area contributed by atoms with Crippen LogP contribution >= 0.6 is 22.7 Å². The molecule has 0 radical (unpaired) electrons. The van der Waals surface area contributed by atoms with E-state index in [1.165, 1.54) is 10.4 Å². The number of thiophene rings is 1. The summed E-state index contributed by atoms with van der Waals surface area (Å²) in [6, 6.07) is 2.13. The molecule has 0 spiro atoms. The van der Waals surface area contributed by atoms with Crippen LogP contribution in [0.4, 0.5) is 0 Å². The first-order valence-corrected chi connectivity index (χ1v) is 8.43. The molecule has 0 atom stereocenters. The summed E-state index contributed by atoms with van der Waals surface area (Å²) >= 11 is 3.44. The Bertz CT molecular complexity index is 605. The number of hydrogen-bond acceptors (Lipinski definition) is 5. The van der Waals surface area contributed by atoms with Gasteiger partial charge in [0.2, 0.25) is 5.91 Å². The van der Waals surface area contributed by atoms with Crippen molar-refractivity contribution in [2.45, 2.75) is 26.4 Å². The van der Waals surface area contributed by atoms with E-state index in [-0.39, 0.29) is 5.91 Å². The fraction of sp³-hybridized carbons (Fsp3) is 0.429. The van der Waals surface area contributed by atoms with E-state index in [0.29, 0.717) is 13.1 Å². The molecule has 6 heteroatoms. The van der Waals surface area contributed by atoms with Crippen molar-refractivity contribution in [1.82, 2.24) is 15.2 Å². The first-order chi connectivity index (χ1) is 9.72. The van der Waals surface area contributed by atoms with Crippen LogP contribution in [0, 0.1) is 6.92 Å². The number of amides is 1. The Morgan fingerprint density at radius 1 is 1.50 bits per heavy atom. The molecule has 0 saturated carbocycles. The van der Waals surface area contributed by atoms with Crippen LogP contribution in [-0.4, -0.2) is 28.9 Å². The van der Waals surface area contributed by atoms with Gasteiger partial charge in [-0.25, -0.2) is 4.98 Å². The molecular weight excluding hydrogens is 290 g/mol. The van der Waals surface area contributed by atoms with Crippen molar-refractivity contribution in [3.8, 4) is 0 Å². The maximum Gasteiger partial charge on any atom is 0.236 e. The van der Waals surface area contributed by atoms with Crippen LogP contribution in [0.15, 0.2) is 16.8 Å². The Labute approximate surface area is 126 Å². The van der Waals surface area contributed by atoms with Crippen molar-refractivity contribution in [1.29, 1.82) is 0 Å².